The molecule has 2 amide bonds. The predicted octanol–water partition coefficient (Wildman–Crippen LogP) is 6.04. The molecule has 0 aliphatic rings. The molecule has 0 radical (unpaired) electrons. The van der Waals surface area contributed by atoms with Gasteiger partial charge in [0.05, 0.1) is 0 Å². The minimum atomic E-state index is -4.12. The summed E-state index contributed by atoms with van der Waals surface area (Å²) >= 11 is 0. The molecule has 0 aromatic heterocycles. The van der Waals surface area contributed by atoms with Crippen molar-refractivity contribution in [3.05, 3.63) is 89.2 Å². The molecule has 6 nitrogen and oxygen atoms in total. The third-order valence-electron chi connectivity index (χ3n) is 5.70. The molecule has 3 rings (SSSR count). The Kier molecular flexibility index (Phi) is 7.94. The van der Waals surface area contributed by atoms with Gasteiger partial charge in [0.25, 0.3) is 0 Å². The van der Waals surface area contributed by atoms with Crippen LogP contribution in [0.5, 0.6) is 5.75 Å². The summed E-state index contributed by atoms with van der Waals surface area (Å²) in [6.07, 6.45) is 0.746. The van der Waals surface area contributed by atoms with E-state index in [9.17, 15) is 17.6 Å². The van der Waals surface area contributed by atoms with Crippen molar-refractivity contribution in [3.63, 3.8) is 0 Å². The van der Waals surface area contributed by atoms with Crippen molar-refractivity contribution in [2.75, 3.05) is 5.32 Å². The second-order valence-corrected chi connectivity index (χ2v) is 9.80. The van der Waals surface area contributed by atoms with Crippen LogP contribution in [0.15, 0.2) is 71.6 Å². The van der Waals surface area contributed by atoms with E-state index in [0.717, 1.165) is 41.8 Å². The summed E-state index contributed by atoms with van der Waals surface area (Å²) in [6.45, 7) is 8.22. The second kappa shape index (κ2) is 10.7. The van der Waals surface area contributed by atoms with Crippen LogP contribution in [0.25, 0.3) is 0 Å². The lowest BCUT2D eigenvalue weighted by Crippen LogP contribution is -2.40. The van der Waals surface area contributed by atoms with Gasteiger partial charge in [-0.3, -0.25) is 0 Å². The van der Waals surface area contributed by atoms with Crippen molar-refractivity contribution in [3.8, 4) is 5.75 Å². The third kappa shape index (κ3) is 6.35. The standard InChI is InChI=1S/C26H29FN2O4S/c1-5-20(4)29(26(30)28-23-12-9-18(2)19(3)15-23)17-21-7-6-8-24(16-21)33-34(31,32)25-13-10-22(27)11-14-25/h6-16,20H,5,17H2,1-4H3,(H,28,30). The van der Waals surface area contributed by atoms with Crippen LogP contribution >= 0.6 is 0 Å². The molecular formula is C26H29FN2O4S. The summed E-state index contributed by atoms with van der Waals surface area (Å²) in [5.41, 5.74) is 3.65. The second-order valence-electron chi connectivity index (χ2n) is 8.25. The predicted molar refractivity (Wildman–Crippen MR) is 131 cm³/mol. The van der Waals surface area contributed by atoms with E-state index in [1.165, 1.54) is 6.07 Å². The molecule has 180 valence electrons. The van der Waals surface area contributed by atoms with Crippen LogP contribution in [-0.2, 0) is 16.7 Å². The van der Waals surface area contributed by atoms with Crippen LogP contribution < -0.4 is 9.50 Å². The van der Waals surface area contributed by atoms with Gasteiger partial charge in [0.15, 0.2) is 0 Å². The summed E-state index contributed by atoms with van der Waals surface area (Å²) in [4.78, 5) is 14.6. The van der Waals surface area contributed by atoms with E-state index in [1.54, 1.807) is 23.1 Å². The van der Waals surface area contributed by atoms with Gasteiger partial charge in [0.1, 0.15) is 16.5 Å². The van der Waals surface area contributed by atoms with E-state index >= 15 is 0 Å². The number of hydrogen-bond acceptors (Lipinski definition) is 4. The smallest absolute Gasteiger partial charge is 0.339 e. The average molecular weight is 485 g/mol. The molecule has 0 heterocycles. The Morgan fingerprint density at radius 1 is 1.03 bits per heavy atom. The lowest BCUT2D eigenvalue weighted by molar-refractivity contribution is 0.187. The topological polar surface area (TPSA) is 75.7 Å². The monoisotopic (exact) mass is 484 g/mol. The molecular weight excluding hydrogens is 455 g/mol. The molecule has 0 spiro atoms. The van der Waals surface area contributed by atoms with E-state index in [4.69, 9.17) is 4.18 Å². The van der Waals surface area contributed by atoms with Crippen molar-refractivity contribution in [2.45, 2.75) is 51.6 Å². The van der Waals surface area contributed by atoms with Gasteiger partial charge in [0, 0.05) is 18.3 Å². The first-order chi connectivity index (χ1) is 16.1. The van der Waals surface area contributed by atoms with Gasteiger partial charge in [-0.15, -0.1) is 0 Å². The Morgan fingerprint density at radius 2 is 1.74 bits per heavy atom. The first-order valence-corrected chi connectivity index (χ1v) is 12.4. The summed E-state index contributed by atoms with van der Waals surface area (Å²) in [5.74, 6) is -0.425. The van der Waals surface area contributed by atoms with E-state index in [-0.39, 0.29) is 29.3 Å². The van der Waals surface area contributed by atoms with E-state index in [2.05, 4.69) is 5.32 Å². The summed E-state index contributed by atoms with van der Waals surface area (Å²) in [7, 11) is -4.12. The molecule has 0 aliphatic carbocycles. The molecule has 0 saturated carbocycles. The van der Waals surface area contributed by atoms with Crippen LogP contribution in [0.3, 0.4) is 0 Å². The van der Waals surface area contributed by atoms with Crippen LogP contribution in [0.1, 0.15) is 37.0 Å². The fourth-order valence-corrected chi connectivity index (χ4v) is 4.25. The summed E-state index contributed by atoms with van der Waals surface area (Å²) < 4.78 is 43.5. The maximum atomic E-state index is 13.1. The van der Waals surface area contributed by atoms with Gasteiger partial charge in [0.2, 0.25) is 0 Å². The number of carbonyl (C=O) groups excluding carboxylic acids is 1. The molecule has 0 aliphatic heterocycles. The zero-order valence-electron chi connectivity index (χ0n) is 19.7. The molecule has 0 fully saturated rings. The number of carbonyl (C=O) groups is 1. The van der Waals surface area contributed by atoms with E-state index < -0.39 is 15.9 Å². The molecule has 8 heteroatoms. The first kappa shape index (κ1) is 25.2. The highest BCUT2D eigenvalue weighted by atomic mass is 32.2. The molecule has 1 N–H and O–H groups in total. The van der Waals surface area contributed by atoms with Gasteiger partial charge < -0.3 is 14.4 Å². The highest BCUT2D eigenvalue weighted by Crippen LogP contribution is 2.22. The van der Waals surface area contributed by atoms with Crippen molar-refractivity contribution in [2.24, 2.45) is 0 Å². The molecule has 0 bridgehead atoms. The van der Waals surface area contributed by atoms with Crippen LogP contribution in [0.2, 0.25) is 0 Å². The summed E-state index contributed by atoms with van der Waals surface area (Å²) in [6, 6.07) is 16.4. The fourth-order valence-electron chi connectivity index (χ4n) is 3.33. The molecule has 0 saturated heterocycles. The number of hydrogen-bond donors (Lipinski definition) is 1. The lowest BCUT2D eigenvalue weighted by Gasteiger charge is -2.29. The summed E-state index contributed by atoms with van der Waals surface area (Å²) in [5, 5.41) is 2.95. The number of halogens is 1. The maximum Gasteiger partial charge on any atom is 0.339 e. The zero-order valence-corrected chi connectivity index (χ0v) is 20.5. The Hall–Kier alpha value is -3.39. The van der Waals surface area contributed by atoms with Gasteiger partial charge >= 0.3 is 16.1 Å². The van der Waals surface area contributed by atoms with Gasteiger partial charge in [-0.05, 0) is 92.4 Å². The van der Waals surface area contributed by atoms with Crippen LogP contribution in [0, 0.1) is 19.7 Å². The normalized spacial score (nSPS) is 12.1. The Balaban J connectivity index is 1.78. The maximum absolute atomic E-state index is 13.1. The van der Waals surface area contributed by atoms with E-state index in [1.807, 2.05) is 45.9 Å². The SMILES string of the molecule is CCC(C)N(Cc1cccc(OS(=O)(=O)c2ccc(F)cc2)c1)C(=O)Nc1ccc(C)c(C)c1. The number of nitrogens with one attached hydrogen (secondary N) is 1. The Bertz CT molecular complexity index is 1260. The number of aryl methyl sites for hydroxylation is 2. The number of rotatable bonds is 8. The average Bonchev–Trinajstić information content (AvgIpc) is 2.79. The number of nitrogens with zero attached hydrogens (tertiary/aromatic N) is 1. The van der Waals surface area contributed by atoms with E-state index in [0.29, 0.717) is 11.3 Å². The van der Waals surface area contributed by atoms with Crippen molar-refractivity contribution < 1.29 is 21.8 Å². The largest absolute Gasteiger partial charge is 0.379 e. The van der Waals surface area contributed by atoms with Gasteiger partial charge in [-0.25, -0.2) is 9.18 Å². The lowest BCUT2D eigenvalue weighted by atomic mass is 10.1. The van der Waals surface area contributed by atoms with Crippen LogP contribution in [0.4, 0.5) is 14.9 Å². The van der Waals surface area contributed by atoms with Crippen molar-refractivity contribution in [1.29, 1.82) is 0 Å². The quantitative estimate of drug-likeness (QED) is 0.395. The number of anilines is 1. The minimum absolute atomic E-state index is 0.0564. The molecule has 1 unspecified atom stereocenters. The number of amides is 2. The minimum Gasteiger partial charge on any atom is -0.379 e. The number of urea groups is 1. The fraction of sp³-hybridized carbons (Fsp3) is 0.269. The van der Waals surface area contributed by atoms with Gasteiger partial charge in [-0.1, -0.05) is 25.1 Å². The molecule has 1 atom stereocenters. The molecule has 3 aromatic carbocycles. The van der Waals surface area contributed by atoms with Crippen molar-refractivity contribution in [1.82, 2.24) is 4.90 Å². The molecule has 3 aromatic rings. The Morgan fingerprint density at radius 3 is 2.38 bits per heavy atom. The Labute approximate surface area is 200 Å². The first-order valence-electron chi connectivity index (χ1n) is 11.0. The van der Waals surface area contributed by atoms with Crippen LogP contribution in [-0.4, -0.2) is 25.4 Å². The highest BCUT2D eigenvalue weighted by molar-refractivity contribution is 7.87. The molecule has 34 heavy (non-hydrogen) atoms. The van der Waals surface area contributed by atoms with Gasteiger partial charge in [-0.2, -0.15) is 8.42 Å². The zero-order chi connectivity index (χ0) is 24.9. The van der Waals surface area contributed by atoms with Crippen molar-refractivity contribution >= 4 is 21.8 Å². The number of benzene rings is 3. The third-order valence-corrected chi connectivity index (χ3v) is 6.96. The highest BCUT2D eigenvalue weighted by Gasteiger charge is 2.21.